The van der Waals surface area contributed by atoms with Crippen molar-refractivity contribution in [2.24, 2.45) is 5.92 Å². The number of amides is 2. The highest BCUT2D eigenvalue weighted by molar-refractivity contribution is 6.23. The highest BCUT2D eigenvalue weighted by Crippen LogP contribution is 2.66. The molecule has 0 radical (unpaired) electrons. The van der Waals surface area contributed by atoms with E-state index in [1.165, 1.54) is 25.3 Å². The zero-order valence-electron chi connectivity index (χ0n) is 32.0. The van der Waals surface area contributed by atoms with Gasteiger partial charge in [-0.1, -0.05) is 97.5 Å². The molecule has 298 valence electrons. The van der Waals surface area contributed by atoms with Gasteiger partial charge in [0.1, 0.15) is 41.4 Å². The smallest absolute Gasteiger partial charge is 0.421 e. The number of morpholine rings is 1. The van der Waals surface area contributed by atoms with Crippen LogP contribution in [0.3, 0.4) is 0 Å². The average molecular weight is 785 g/mol. The fraction of sp³-hybridized carbons (Fsp3) is 0.348. The summed E-state index contributed by atoms with van der Waals surface area (Å²) in [5.74, 6) is 1.08. The van der Waals surface area contributed by atoms with Crippen molar-refractivity contribution in [1.82, 2.24) is 4.90 Å². The van der Waals surface area contributed by atoms with Gasteiger partial charge >= 0.3 is 18.0 Å². The van der Waals surface area contributed by atoms with E-state index in [1.54, 1.807) is 29.2 Å². The number of hydrogen-bond donors (Lipinski definition) is 3. The van der Waals surface area contributed by atoms with Crippen molar-refractivity contribution in [3.05, 3.63) is 131 Å². The Morgan fingerprint density at radius 1 is 0.828 bits per heavy atom. The molecule has 3 N–H and O–H groups in total. The number of esters is 1. The molecule has 0 aromatic heterocycles. The zero-order chi connectivity index (χ0) is 40.6. The van der Waals surface area contributed by atoms with Gasteiger partial charge in [-0.25, -0.2) is 9.69 Å². The van der Waals surface area contributed by atoms with Gasteiger partial charge < -0.3 is 29.5 Å². The number of carboxylic acid groups (broad SMARTS) is 1. The number of methoxy groups -OCH3 is 1. The molecular weight excluding hydrogens is 741 g/mol. The Morgan fingerprint density at radius 2 is 1.48 bits per heavy atom. The average Bonchev–Trinajstić information content (AvgIpc) is 3.57. The topological polar surface area (TPSA) is 163 Å². The number of carboxylic acids is 1. The molecule has 12 heteroatoms. The number of phenolic OH excluding ortho intramolecular Hbond substituents is 1. The summed E-state index contributed by atoms with van der Waals surface area (Å²) >= 11 is 0. The van der Waals surface area contributed by atoms with E-state index in [0.29, 0.717) is 35.1 Å². The number of fused-ring (bicyclic) bond motifs is 3. The molecule has 58 heavy (non-hydrogen) atoms. The molecule has 0 bridgehead atoms. The lowest BCUT2D eigenvalue weighted by Crippen LogP contribution is -2.53. The summed E-state index contributed by atoms with van der Waals surface area (Å²) in [6.07, 6.45) is 2.64. The van der Waals surface area contributed by atoms with Crippen LogP contribution in [0, 0.1) is 17.8 Å². The largest absolute Gasteiger partial charge is 0.508 e. The van der Waals surface area contributed by atoms with Crippen LogP contribution in [0.2, 0.25) is 0 Å². The fourth-order valence-electron chi connectivity index (χ4n) is 9.51. The second-order valence-electron chi connectivity index (χ2n) is 15.4. The Hall–Kier alpha value is -6.00. The number of hydrogen-bond acceptors (Lipinski definition) is 10. The minimum Gasteiger partial charge on any atom is -0.508 e. The lowest BCUT2D eigenvalue weighted by Gasteiger charge is -2.46. The van der Waals surface area contributed by atoms with Gasteiger partial charge in [0.25, 0.3) is 0 Å². The summed E-state index contributed by atoms with van der Waals surface area (Å²) < 4.78 is 16.9. The monoisotopic (exact) mass is 784 g/mol. The zero-order valence-corrected chi connectivity index (χ0v) is 32.0. The molecule has 1 saturated carbocycles. The van der Waals surface area contributed by atoms with E-state index in [-0.39, 0.29) is 30.2 Å². The van der Waals surface area contributed by atoms with Crippen LogP contribution in [0.4, 0.5) is 10.5 Å². The molecule has 4 aromatic rings. The van der Waals surface area contributed by atoms with E-state index in [1.807, 2.05) is 60.7 Å². The maximum Gasteiger partial charge on any atom is 0.421 e. The summed E-state index contributed by atoms with van der Waals surface area (Å²) in [4.78, 5) is 61.2. The molecule has 6 atom stereocenters. The van der Waals surface area contributed by atoms with Gasteiger partial charge in [0.2, 0.25) is 5.91 Å². The number of aromatic hydroxyl groups is 1. The Balaban J connectivity index is 1.41. The molecule has 3 heterocycles. The second kappa shape index (κ2) is 15.7. The van der Waals surface area contributed by atoms with Crippen LogP contribution in [-0.2, 0) is 34.0 Å². The van der Waals surface area contributed by atoms with E-state index < -0.39 is 65.1 Å². The van der Waals surface area contributed by atoms with E-state index in [9.17, 15) is 29.7 Å². The quantitative estimate of drug-likeness (QED) is 0.0827. The Kier molecular flexibility index (Phi) is 10.5. The summed E-state index contributed by atoms with van der Waals surface area (Å²) in [7, 11) is 1.44. The van der Waals surface area contributed by atoms with Crippen molar-refractivity contribution in [3.8, 4) is 17.6 Å². The number of rotatable bonds is 7. The molecule has 1 spiro atoms. The van der Waals surface area contributed by atoms with Gasteiger partial charge in [-0.3, -0.25) is 19.3 Å². The number of cyclic esters (lactones) is 1. The van der Waals surface area contributed by atoms with Gasteiger partial charge in [-0.05, 0) is 78.3 Å². The van der Waals surface area contributed by atoms with E-state index in [4.69, 9.17) is 14.2 Å². The lowest BCUT2D eigenvalue weighted by atomic mass is 9.65. The van der Waals surface area contributed by atoms with Crippen molar-refractivity contribution in [1.29, 1.82) is 0 Å². The van der Waals surface area contributed by atoms with Gasteiger partial charge in [-0.15, -0.1) is 0 Å². The first kappa shape index (κ1) is 38.9. The third-order valence-electron chi connectivity index (χ3n) is 12.0. The number of carbonyl (C=O) groups is 4. The second-order valence-corrected chi connectivity index (χ2v) is 15.4. The number of anilines is 1. The van der Waals surface area contributed by atoms with Gasteiger partial charge in [-0.2, -0.15) is 0 Å². The summed E-state index contributed by atoms with van der Waals surface area (Å²) in [5.41, 5.74) is -1.05. The number of phenols is 1. The van der Waals surface area contributed by atoms with Crippen molar-refractivity contribution in [3.63, 3.8) is 0 Å². The molecule has 3 aliphatic heterocycles. The van der Waals surface area contributed by atoms with Gasteiger partial charge in [0.05, 0.1) is 24.4 Å². The normalized spacial score (nSPS) is 26.2. The van der Waals surface area contributed by atoms with Crippen molar-refractivity contribution in [2.75, 3.05) is 25.2 Å². The molecule has 12 nitrogen and oxygen atoms in total. The number of imide groups is 1. The van der Waals surface area contributed by atoms with Crippen molar-refractivity contribution >= 4 is 29.6 Å². The van der Waals surface area contributed by atoms with Crippen LogP contribution in [0.25, 0.3) is 0 Å². The molecule has 4 aromatic carbocycles. The van der Waals surface area contributed by atoms with Crippen LogP contribution < -0.4 is 4.90 Å². The summed E-state index contributed by atoms with van der Waals surface area (Å²) in [6.45, 7) is -0.151. The maximum atomic E-state index is 15.7. The number of benzene rings is 4. The third kappa shape index (κ3) is 6.59. The predicted octanol–water partition coefficient (Wildman–Crippen LogP) is 6.36. The minimum absolute atomic E-state index is 0.0401. The number of nitrogens with zero attached hydrogens (tertiary/aromatic N) is 2. The van der Waals surface area contributed by atoms with Crippen LogP contribution in [0.15, 0.2) is 103 Å². The lowest BCUT2D eigenvalue weighted by molar-refractivity contribution is -0.179. The molecular formula is C46H44N2O10. The third-order valence-corrected chi connectivity index (χ3v) is 12.0. The molecule has 4 aliphatic rings. The van der Waals surface area contributed by atoms with E-state index in [0.717, 1.165) is 30.6 Å². The van der Waals surface area contributed by atoms with Crippen LogP contribution in [-0.4, -0.2) is 76.1 Å². The summed E-state index contributed by atoms with van der Waals surface area (Å²) in [5, 5.41) is 33.4. The highest BCUT2D eigenvalue weighted by atomic mass is 16.6. The highest BCUT2D eigenvalue weighted by Gasteiger charge is 2.76. The molecule has 8 rings (SSSR count). The first-order valence-corrected chi connectivity index (χ1v) is 19.6. The fourth-order valence-corrected chi connectivity index (χ4v) is 9.51. The molecule has 3 fully saturated rings. The Morgan fingerprint density at radius 3 is 2.12 bits per heavy atom. The summed E-state index contributed by atoms with van der Waals surface area (Å²) in [6, 6.07) is 25.6. The standard InChI is InChI=1S/C46H44N2O10/c1-56-26-27-57-44(54)47-35-21-16-29(22-25-45(55)23-10-2-3-11-24-45)28-34(35)46(43(47)53)36(41(50)51)38-42(52)58-39(31-14-8-5-9-15-31)37(30-12-6-4-7-13-30)48(38)40(46)32-17-19-33(49)20-18-32/h4-9,12-21,28,36-40,49,55H,2-3,10-11,23-24,26-27H2,1H3,(H,50,51). The van der Waals surface area contributed by atoms with Crippen LogP contribution in [0.1, 0.15) is 84.5 Å². The maximum absolute atomic E-state index is 15.7. The molecule has 2 amide bonds. The number of aliphatic carboxylic acids is 1. The van der Waals surface area contributed by atoms with Crippen molar-refractivity contribution < 1.29 is 48.7 Å². The SMILES string of the molecule is COCCOC(=O)N1C(=O)C2(c3cc(C#CC4(O)CCCCCC4)ccc31)C(C(=O)O)C1C(=O)OC(c3ccccc3)C(c3ccccc3)N1C2c1ccc(O)cc1. The number of aliphatic hydroxyl groups is 1. The van der Waals surface area contributed by atoms with E-state index in [2.05, 4.69) is 11.8 Å². The van der Waals surface area contributed by atoms with Gasteiger partial charge in [0.15, 0.2) is 0 Å². The number of ether oxygens (including phenoxy) is 3. The van der Waals surface area contributed by atoms with E-state index >= 15 is 4.79 Å². The van der Waals surface area contributed by atoms with Crippen molar-refractivity contribution in [2.45, 2.75) is 73.8 Å². The first-order valence-electron chi connectivity index (χ1n) is 19.6. The van der Waals surface area contributed by atoms with Crippen LogP contribution >= 0.6 is 0 Å². The molecule has 1 aliphatic carbocycles. The Labute approximate surface area is 335 Å². The first-order chi connectivity index (χ1) is 28.1. The Bertz CT molecular complexity index is 2260. The van der Waals surface area contributed by atoms with Crippen LogP contribution in [0.5, 0.6) is 5.75 Å². The minimum atomic E-state index is -2.17. The number of carbonyl (C=O) groups excluding carboxylic acids is 3. The predicted molar refractivity (Wildman–Crippen MR) is 210 cm³/mol. The molecule has 2 saturated heterocycles. The molecule has 6 unspecified atom stereocenters. The van der Waals surface area contributed by atoms with Gasteiger partial charge in [0, 0.05) is 12.7 Å².